The average Bonchev–Trinajstić information content (AvgIpc) is 2.35. The van der Waals surface area contributed by atoms with Crippen molar-refractivity contribution in [3.8, 4) is 0 Å². The fourth-order valence-corrected chi connectivity index (χ4v) is 0.799. The van der Waals surface area contributed by atoms with Crippen molar-refractivity contribution in [1.82, 2.24) is 9.88 Å². The predicted octanol–water partition coefficient (Wildman–Crippen LogP) is -0.611. The van der Waals surface area contributed by atoms with E-state index in [2.05, 4.69) is 5.32 Å². The van der Waals surface area contributed by atoms with Crippen molar-refractivity contribution in [2.45, 2.75) is 6.54 Å². The van der Waals surface area contributed by atoms with Gasteiger partial charge in [-0.05, 0) is 0 Å². The molecule has 1 aromatic heterocycles. The first-order valence-corrected chi connectivity index (χ1v) is 3.40. The minimum atomic E-state index is -1.06. The van der Waals surface area contributed by atoms with Crippen LogP contribution in [0.5, 0.6) is 0 Å². The molecule has 0 unspecified atom stereocenters. The Morgan fingerprint density at radius 1 is 1.75 bits per heavy atom. The van der Waals surface area contributed by atoms with E-state index in [1.54, 1.807) is 10.8 Å². The maximum absolute atomic E-state index is 10.5. The maximum Gasteiger partial charge on any atom is 0.404 e. The fraction of sp³-hybridized carbons (Fsp3) is 0.333. The van der Waals surface area contributed by atoms with E-state index in [1.807, 2.05) is 0 Å². The third-order valence-electron chi connectivity index (χ3n) is 1.31. The first-order valence-electron chi connectivity index (χ1n) is 3.40. The molecule has 1 heterocycles. The van der Waals surface area contributed by atoms with E-state index in [0.717, 1.165) is 0 Å². The summed E-state index contributed by atoms with van der Waals surface area (Å²) in [6.07, 6.45) is 3.21. The highest BCUT2D eigenvalue weighted by Crippen LogP contribution is 1.81. The maximum atomic E-state index is 10.5. The second kappa shape index (κ2) is 3.61. The summed E-state index contributed by atoms with van der Waals surface area (Å²) < 4.78 is 2.25. The van der Waals surface area contributed by atoms with Gasteiger partial charge in [0.1, 0.15) is 18.9 Å². The Balaban J connectivity index is 2.29. The number of imidazole rings is 1. The van der Waals surface area contributed by atoms with Crippen molar-refractivity contribution in [2.75, 3.05) is 6.54 Å². The quantitative estimate of drug-likeness (QED) is 0.470. The normalized spacial score (nSPS) is 9.67. The van der Waals surface area contributed by atoms with Crippen molar-refractivity contribution < 1.29 is 14.6 Å². The number of nitrogens with zero attached hydrogens (tertiary/aromatic N) is 2. The lowest BCUT2D eigenvalue weighted by Gasteiger charge is -1.97. The Morgan fingerprint density at radius 2 is 2.50 bits per heavy atom. The van der Waals surface area contributed by atoms with E-state index in [-0.39, 0.29) is 0 Å². The van der Waals surface area contributed by atoms with E-state index in [1.165, 1.54) is 12.5 Å². The summed E-state index contributed by atoms with van der Waals surface area (Å²) >= 11 is 0. The Bertz CT molecular complexity index is 271. The first-order chi connectivity index (χ1) is 5.68. The molecular formula is C6H9N3O3. The van der Waals surface area contributed by atoms with Crippen LogP contribution in [0.25, 0.3) is 0 Å². The van der Waals surface area contributed by atoms with Gasteiger partial charge < -0.3 is 15.6 Å². The zero-order valence-electron chi connectivity index (χ0n) is 6.30. The molecule has 0 spiro atoms. The summed E-state index contributed by atoms with van der Waals surface area (Å²) in [7, 11) is 0. The second-order valence-corrected chi connectivity index (χ2v) is 2.24. The highest BCUT2D eigenvalue weighted by atomic mass is 16.5. The second-order valence-electron chi connectivity index (χ2n) is 2.24. The summed E-state index contributed by atoms with van der Waals surface area (Å²) in [4.78, 5) is 10.0. The van der Waals surface area contributed by atoms with Crippen molar-refractivity contribution in [3.63, 3.8) is 0 Å². The van der Waals surface area contributed by atoms with Crippen molar-refractivity contribution >= 4 is 6.09 Å². The molecule has 0 aromatic carbocycles. The van der Waals surface area contributed by atoms with Gasteiger partial charge in [-0.3, -0.25) is 0 Å². The van der Waals surface area contributed by atoms with Crippen LogP contribution in [0, 0.1) is 5.21 Å². The summed E-state index contributed by atoms with van der Waals surface area (Å²) in [6.45, 7) is 0.756. The molecule has 0 saturated heterocycles. The van der Waals surface area contributed by atoms with Crippen LogP contribution in [0.1, 0.15) is 0 Å². The molecule has 0 radical (unpaired) electrons. The van der Waals surface area contributed by atoms with Gasteiger partial charge in [0.15, 0.2) is 0 Å². The van der Waals surface area contributed by atoms with Gasteiger partial charge in [0, 0.05) is 0 Å². The number of rotatable bonds is 3. The lowest BCUT2D eigenvalue weighted by Crippen LogP contribution is -2.26. The Labute approximate surface area is 68.6 Å². The zero-order valence-corrected chi connectivity index (χ0v) is 6.30. The number of carbonyl (C=O) groups is 1. The molecule has 66 valence electrons. The molecule has 1 amide bonds. The predicted molar refractivity (Wildman–Crippen MR) is 39.4 cm³/mol. The van der Waals surface area contributed by atoms with Gasteiger partial charge >= 0.3 is 6.09 Å². The van der Waals surface area contributed by atoms with Crippen LogP contribution in [-0.2, 0) is 6.54 Å². The molecule has 0 fully saturated rings. The first kappa shape index (κ1) is 8.38. The number of amides is 1. The largest absolute Gasteiger partial charge is 0.711 e. The number of carboxylic acid groups (broad SMARTS) is 1. The molecule has 0 atom stereocenters. The monoisotopic (exact) mass is 171 g/mol. The van der Waals surface area contributed by atoms with Gasteiger partial charge in [-0.15, -0.1) is 0 Å². The van der Waals surface area contributed by atoms with Crippen LogP contribution in [0.3, 0.4) is 0 Å². The number of aromatic nitrogens is 2. The van der Waals surface area contributed by atoms with Crippen LogP contribution >= 0.6 is 0 Å². The molecule has 0 aliphatic heterocycles. The highest BCUT2D eigenvalue weighted by molar-refractivity contribution is 5.64. The minimum absolute atomic E-state index is 0.296. The van der Waals surface area contributed by atoms with Crippen molar-refractivity contribution in [1.29, 1.82) is 0 Å². The lowest BCUT2D eigenvalue weighted by molar-refractivity contribution is -0.604. The van der Waals surface area contributed by atoms with Crippen LogP contribution in [0.2, 0.25) is 0 Å². The third-order valence-corrected chi connectivity index (χ3v) is 1.31. The van der Waals surface area contributed by atoms with E-state index in [4.69, 9.17) is 5.11 Å². The SMILES string of the molecule is O=C(O)NCCn1cc[n+]([O-])c1. The molecule has 12 heavy (non-hydrogen) atoms. The third kappa shape index (κ3) is 2.49. The number of hydrogen-bond acceptors (Lipinski definition) is 2. The molecular weight excluding hydrogens is 162 g/mol. The van der Waals surface area contributed by atoms with Gasteiger partial charge in [-0.1, -0.05) is 0 Å². The standard InChI is InChI=1S/C6H9N3O3/c10-6(11)7-1-2-8-3-4-9(12)5-8/h3-5,7H,1-2H2,(H,10,11). The molecule has 1 aromatic rings. The molecule has 6 heteroatoms. The number of hydrogen-bond donors (Lipinski definition) is 2. The average molecular weight is 171 g/mol. The summed E-state index contributed by atoms with van der Waals surface area (Å²) in [5.41, 5.74) is 0. The Morgan fingerprint density at radius 3 is 3.00 bits per heavy atom. The van der Waals surface area contributed by atoms with Crippen LogP contribution in [-0.4, -0.2) is 22.3 Å². The highest BCUT2D eigenvalue weighted by Gasteiger charge is 1.98. The van der Waals surface area contributed by atoms with E-state index < -0.39 is 6.09 Å². The molecule has 0 aliphatic carbocycles. The summed E-state index contributed by atoms with van der Waals surface area (Å²) in [5, 5.41) is 20.9. The number of nitrogens with one attached hydrogen (secondary N) is 1. The molecule has 0 bridgehead atoms. The molecule has 6 nitrogen and oxygen atoms in total. The molecule has 2 N–H and O–H groups in total. The van der Waals surface area contributed by atoms with Gasteiger partial charge in [-0.2, -0.15) is 0 Å². The van der Waals surface area contributed by atoms with Gasteiger partial charge in [-0.25, -0.2) is 14.1 Å². The summed E-state index contributed by atoms with van der Waals surface area (Å²) in [6, 6.07) is 0. The van der Waals surface area contributed by atoms with Gasteiger partial charge in [0.25, 0.3) is 0 Å². The van der Waals surface area contributed by atoms with E-state index in [9.17, 15) is 10.0 Å². The lowest BCUT2D eigenvalue weighted by atomic mass is 10.6. The molecule has 0 aliphatic rings. The van der Waals surface area contributed by atoms with E-state index >= 15 is 0 Å². The van der Waals surface area contributed by atoms with E-state index in [0.29, 0.717) is 17.8 Å². The minimum Gasteiger partial charge on any atom is -0.711 e. The Kier molecular flexibility index (Phi) is 2.52. The van der Waals surface area contributed by atoms with Crippen LogP contribution in [0.15, 0.2) is 18.7 Å². The van der Waals surface area contributed by atoms with Crippen LogP contribution < -0.4 is 10.0 Å². The summed E-state index contributed by atoms with van der Waals surface area (Å²) in [5.74, 6) is 0. The molecule has 1 rings (SSSR count). The smallest absolute Gasteiger partial charge is 0.404 e. The van der Waals surface area contributed by atoms with Crippen LogP contribution in [0.4, 0.5) is 4.79 Å². The van der Waals surface area contributed by atoms with Gasteiger partial charge in [0.05, 0.1) is 6.54 Å². The van der Waals surface area contributed by atoms with Crippen molar-refractivity contribution in [3.05, 3.63) is 23.9 Å². The molecule has 0 saturated carbocycles. The zero-order chi connectivity index (χ0) is 8.97. The fourth-order valence-electron chi connectivity index (χ4n) is 0.799. The van der Waals surface area contributed by atoms with Crippen molar-refractivity contribution in [2.24, 2.45) is 0 Å². The topological polar surface area (TPSA) is 81.2 Å². The Hall–Kier alpha value is -1.72. The van der Waals surface area contributed by atoms with Gasteiger partial charge in [0.2, 0.25) is 6.33 Å².